The molecular formula is C18H16FN3O4S. The van der Waals surface area contributed by atoms with Crippen molar-refractivity contribution in [3.63, 3.8) is 0 Å². The fraction of sp³-hybridized carbons (Fsp3) is 0.222. The van der Waals surface area contributed by atoms with E-state index in [4.69, 9.17) is 9.26 Å². The maximum absolute atomic E-state index is 13.0. The lowest BCUT2D eigenvalue weighted by molar-refractivity contribution is -0.146. The number of amides is 1. The summed E-state index contributed by atoms with van der Waals surface area (Å²) in [6.07, 6.45) is -0.0148. The second-order valence-corrected chi connectivity index (χ2v) is 6.63. The van der Waals surface area contributed by atoms with Gasteiger partial charge in [0.05, 0.1) is 12.5 Å². The lowest BCUT2D eigenvalue weighted by atomic mass is 10.1. The molecule has 1 amide bonds. The van der Waals surface area contributed by atoms with Gasteiger partial charge >= 0.3 is 5.97 Å². The molecule has 27 heavy (non-hydrogen) atoms. The van der Waals surface area contributed by atoms with E-state index < -0.39 is 12.0 Å². The number of carbonyl (C=O) groups is 2. The molecule has 140 valence electrons. The topological polar surface area (TPSA) is 94.3 Å². The summed E-state index contributed by atoms with van der Waals surface area (Å²) in [5.74, 6) is -0.716. The molecule has 3 rings (SSSR count). The maximum atomic E-state index is 13.0. The highest BCUT2D eigenvalue weighted by Gasteiger charge is 2.20. The summed E-state index contributed by atoms with van der Waals surface area (Å²) in [4.78, 5) is 28.4. The Kier molecular flexibility index (Phi) is 5.92. The van der Waals surface area contributed by atoms with E-state index in [1.165, 1.54) is 42.5 Å². The van der Waals surface area contributed by atoms with Crippen LogP contribution in [0.15, 0.2) is 46.3 Å². The molecule has 0 aliphatic carbocycles. The van der Waals surface area contributed by atoms with Crippen molar-refractivity contribution in [3.05, 3.63) is 58.4 Å². The van der Waals surface area contributed by atoms with Gasteiger partial charge in [-0.1, -0.05) is 11.2 Å². The molecule has 0 radical (unpaired) electrons. The molecule has 1 unspecified atom stereocenters. The van der Waals surface area contributed by atoms with Gasteiger partial charge in [-0.15, -0.1) is 11.3 Å². The van der Waals surface area contributed by atoms with Crippen molar-refractivity contribution >= 4 is 23.2 Å². The van der Waals surface area contributed by atoms with Crippen LogP contribution in [0.5, 0.6) is 0 Å². The van der Waals surface area contributed by atoms with Gasteiger partial charge in [-0.25, -0.2) is 4.39 Å². The van der Waals surface area contributed by atoms with Crippen LogP contribution in [0.1, 0.15) is 30.2 Å². The summed E-state index contributed by atoms with van der Waals surface area (Å²) in [6, 6.07) is 8.86. The fourth-order valence-electron chi connectivity index (χ4n) is 2.36. The molecule has 7 nitrogen and oxygen atoms in total. The quantitative estimate of drug-likeness (QED) is 0.624. The fourth-order valence-corrected chi connectivity index (χ4v) is 3.13. The zero-order chi connectivity index (χ0) is 19.2. The average Bonchev–Trinajstić information content (AvgIpc) is 3.32. The van der Waals surface area contributed by atoms with Crippen molar-refractivity contribution in [2.24, 2.45) is 0 Å². The van der Waals surface area contributed by atoms with Crippen LogP contribution in [0, 0.1) is 5.82 Å². The number of rotatable bonds is 7. The van der Waals surface area contributed by atoms with E-state index in [2.05, 4.69) is 15.5 Å². The Bertz CT molecular complexity index is 909. The monoisotopic (exact) mass is 389 g/mol. The number of carbonyl (C=O) groups excluding carboxylic acids is 2. The first kappa shape index (κ1) is 18.7. The third-order valence-electron chi connectivity index (χ3n) is 3.56. The van der Waals surface area contributed by atoms with Crippen LogP contribution in [0.3, 0.4) is 0 Å². The number of benzene rings is 1. The van der Waals surface area contributed by atoms with Gasteiger partial charge in [-0.05, 0) is 35.7 Å². The minimum Gasteiger partial charge on any atom is -0.455 e. The van der Waals surface area contributed by atoms with Crippen LogP contribution in [0.4, 0.5) is 4.39 Å². The van der Waals surface area contributed by atoms with E-state index in [9.17, 15) is 14.0 Å². The van der Waals surface area contributed by atoms with Crippen LogP contribution >= 0.6 is 11.3 Å². The van der Waals surface area contributed by atoms with Crippen molar-refractivity contribution in [1.29, 1.82) is 0 Å². The van der Waals surface area contributed by atoms with Gasteiger partial charge in [0.1, 0.15) is 5.82 Å². The third kappa shape index (κ3) is 5.20. The maximum Gasteiger partial charge on any atom is 0.308 e. The van der Waals surface area contributed by atoms with Gasteiger partial charge in [-0.3, -0.25) is 9.59 Å². The SMILES string of the molecule is CC(=O)NC(CC(=O)OCc1nc(-c2ccc(F)cc2)no1)c1cccs1. The van der Waals surface area contributed by atoms with Crippen molar-refractivity contribution < 1.29 is 23.2 Å². The molecule has 1 atom stereocenters. The number of nitrogens with zero attached hydrogens (tertiary/aromatic N) is 2. The Morgan fingerprint density at radius 1 is 1.30 bits per heavy atom. The van der Waals surface area contributed by atoms with E-state index in [-0.39, 0.29) is 36.5 Å². The summed E-state index contributed by atoms with van der Waals surface area (Å²) in [5, 5.41) is 8.38. The minimum atomic E-state index is -0.510. The molecule has 0 aliphatic rings. The van der Waals surface area contributed by atoms with Crippen LogP contribution in [-0.2, 0) is 20.9 Å². The highest BCUT2D eigenvalue weighted by molar-refractivity contribution is 7.10. The molecular weight excluding hydrogens is 373 g/mol. The predicted octanol–water partition coefficient (Wildman–Crippen LogP) is 3.25. The van der Waals surface area contributed by atoms with E-state index in [1.807, 2.05) is 17.5 Å². The molecule has 1 N–H and O–H groups in total. The minimum absolute atomic E-state index is 0.0148. The van der Waals surface area contributed by atoms with Crippen LogP contribution in [0.2, 0.25) is 0 Å². The van der Waals surface area contributed by atoms with Gasteiger partial charge in [0, 0.05) is 17.4 Å². The van der Waals surface area contributed by atoms with E-state index in [1.54, 1.807) is 0 Å². The van der Waals surface area contributed by atoms with E-state index in [0.717, 1.165) is 4.88 Å². The van der Waals surface area contributed by atoms with Crippen LogP contribution < -0.4 is 5.32 Å². The summed E-state index contributed by atoms with van der Waals surface area (Å²) >= 11 is 1.44. The number of nitrogens with one attached hydrogen (secondary N) is 1. The molecule has 0 bridgehead atoms. The van der Waals surface area contributed by atoms with E-state index >= 15 is 0 Å². The highest BCUT2D eigenvalue weighted by Crippen LogP contribution is 2.23. The normalized spacial score (nSPS) is 11.8. The number of ether oxygens (including phenoxy) is 1. The Balaban J connectivity index is 1.57. The smallest absolute Gasteiger partial charge is 0.308 e. The van der Waals surface area contributed by atoms with Gasteiger partial charge in [0.2, 0.25) is 11.7 Å². The average molecular weight is 389 g/mol. The van der Waals surface area contributed by atoms with Gasteiger partial charge in [0.15, 0.2) is 6.61 Å². The summed E-state index contributed by atoms with van der Waals surface area (Å²) in [6.45, 7) is 1.20. The number of hydrogen-bond donors (Lipinski definition) is 1. The second-order valence-electron chi connectivity index (χ2n) is 5.65. The second kappa shape index (κ2) is 8.54. The highest BCUT2D eigenvalue weighted by atomic mass is 32.1. The number of aromatic nitrogens is 2. The zero-order valence-corrected chi connectivity index (χ0v) is 15.2. The first-order valence-electron chi connectivity index (χ1n) is 8.06. The van der Waals surface area contributed by atoms with Crippen molar-refractivity contribution in [2.75, 3.05) is 0 Å². The third-order valence-corrected chi connectivity index (χ3v) is 4.55. The Hall–Kier alpha value is -3.07. The molecule has 2 heterocycles. The molecule has 0 spiro atoms. The van der Waals surface area contributed by atoms with Crippen molar-refractivity contribution in [1.82, 2.24) is 15.5 Å². The molecule has 0 saturated carbocycles. The molecule has 0 saturated heterocycles. The lowest BCUT2D eigenvalue weighted by Crippen LogP contribution is -2.28. The molecule has 1 aromatic carbocycles. The molecule has 3 aromatic rings. The molecule has 0 fully saturated rings. The van der Waals surface area contributed by atoms with Gasteiger partial charge in [-0.2, -0.15) is 4.98 Å². The molecule has 2 aromatic heterocycles. The van der Waals surface area contributed by atoms with Crippen molar-refractivity contribution in [2.45, 2.75) is 26.0 Å². The molecule has 0 aliphatic heterocycles. The van der Waals surface area contributed by atoms with Gasteiger partial charge < -0.3 is 14.6 Å². The number of hydrogen-bond acceptors (Lipinski definition) is 7. The summed E-state index contributed by atoms with van der Waals surface area (Å²) < 4.78 is 23.2. The summed E-state index contributed by atoms with van der Waals surface area (Å²) in [7, 11) is 0. The predicted molar refractivity (Wildman–Crippen MR) is 95.0 cm³/mol. The van der Waals surface area contributed by atoms with Gasteiger partial charge in [0.25, 0.3) is 5.89 Å². The van der Waals surface area contributed by atoms with Crippen LogP contribution in [-0.4, -0.2) is 22.0 Å². The standard InChI is InChI=1S/C18H16FN3O4S/c1-11(23)20-14(15-3-2-8-27-15)9-17(24)25-10-16-21-18(22-26-16)12-4-6-13(19)7-5-12/h2-8,14H,9-10H2,1H3,(H,20,23). The number of halogens is 1. The Labute approximate surface area is 158 Å². The Morgan fingerprint density at radius 2 is 2.07 bits per heavy atom. The first-order valence-corrected chi connectivity index (χ1v) is 8.94. The lowest BCUT2D eigenvalue weighted by Gasteiger charge is -2.15. The van der Waals surface area contributed by atoms with Crippen molar-refractivity contribution in [3.8, 4) is 11.4 Å². The van der Waals surface area contributed by atoms with Crippen LogP contribution in [0.25, 0.3) is 11.4 Å². The number of thiophene rings is 1. The number of esters is 1. The zero-order valence-electron chi connectivity index (χ0n) is 14.3. The Morgan fingerprint density at radius 3 is 2.74 bits per heavy atom. The first-order chi connectivity index (χ1) is 13.0. The molecule has 9 heteroatoms. The summed E-state index contributed by atoms with van der Waals surface area (Å²) in [5.41, 5.74) is 0.584. The van der Waals surface area contributed by atoms with E-state index in [0.29, 0.717) is 5.56 Å². The largest absolute Gasteiger partial charge is 0.455 e.